The van der Waals surface area contributed by atoms with Gasteiger partial charge in [-0.05, 0) is 23.8 Å². The Balaban J connectivity index is 2.17. The van der Waals surface area contributed by atoms with Crippen molar-refractivity contribution in [1.82, 2.24) is 10.4 Å². The molecule has 0 atom stereocenters. The summed E-state index contributed by atoms with van der Waals surface area (Å²) in [5, 5.41) is 18.1. The molecular formula is C18H20F2N2O4. The van der Waals surface area contributed by atoms with Crippen LogP contribution in [0.4, 0.5) is 8.78 Å². The molecule has 0 aliphatic rings. The van der Waals surface area contributed by atoms with Crippen molar-refractivity contribution in [2.45, 2.75) is 19.5 Å². The van der Waals surface area contributed by atoms with Crippen molar-refractivity contribution in [3.8, 4) is 11.5 Å². The van der Waals surface area contributed by atoms with Gasteiger partial charge in [-0.25, -0.2) is 14.3 Å². The summed E-state index contributed by atoms with van der Waals surface area (Å²) < 4.78 is 32.4. The summed E-state index contributed by atoms with van der Waals surface area (Å²) in [6.45, 7) is 0.640. The van der Waals surface area contributed by atoms with Crippen LogP contribution in [0.15, 0.2) is 36.4 Å². The lowest BCUT2D eigenvalue weighted by Crippen LogP contribution is -2.29. The molecule has 0 aromatic heterocycles. The molecule has 8 heteroatoms. The fourth-order valence-corrected chi connectivity index (χ4v) is 2.46. The Bertz CT molecular complexity index is 754. The Morgan fingerprint density at radius 2 is 1.85 bits per heavy atom. The lowest BCUT2D eigenvalue weighted by molar-refractivity contribution is -0.129. The standard InChI is InChI=1S/C18H20F2N2O4/c1-26-14-5-2-12(3-6-14)10-22(9-8-16(23)21-25)11-13-4-7-15(19)18(24)17(13)20/h2-7,24-25H,8-11H2,1H3,(H,21,23). The van der Waals surface area contributed by atoms with Gasteiger partial charge in [0, 0.05) is 31.6 Å². The number of nitrogens with zero attached hydrogens (tertiary/aromatic N) is 1. The van der Waals surface area contributed by atoms with Gasteiger partial charge in [-0.1, -0.05) is 18.2 Å². The van der Waals surface area contributed by atoms with Gasteiger partial charge in [0.05, 0.1) is 7.11 Å². The highest BCUT2D eigenvalue weighted by Crippen LogP contribution is 2.24. The summed E-state index contributed by atoms with van der Waals surface area (Å²) in [5.74, 6) is -2.98. The molecule has 0 spiro atoms. The molecule has 2 aromatic rings. The zero-order valence-electron chi connectivity index (χ0n) is 14.2. The van der Waals surface area contributed by atoms with Gasteiger partial charge in [-0.3, -0.25) is 14.9 Å². The number of phenols is 1. The quantitative estimate of drug-likeness (QED) is 0.494. The lowest BCUT2D eigenvalue weighted by Gasteiger charge is -2.23. The van der Waals surface area contributed by atoms with Crippen LogP contribution in [0.3, 0.4) is 0 Å². The van der Waals surface area contributed by atoms with E-state index in [1.807, 2.05) is 12.1 Å². The summed E-state index contributed by atoms with van der Waals surface area (Å²) in [5.41, 5.74) is 2.53. The van der Waals surface area contributed by atoms with Crippen LogP contribution in [0.2, 0.25) is 0 Å². The highest BCUT2D eigenvalue weighted by molar-refractivity contribution is 5.74. The molecule has 0 saturated carbocycles. The van der Waals surface area contributed by atoms with E-state index in [1.165, 1.54) is 6.07 Å². The second-order valence-electron chi connectivity index (χ2n) is 5.71. The molecule has 1 amide bonds. The number of halogens is 2. The number of phenolic OH excluding ortho intramolecular Hbond substituents is 1. The van der Waals surface area contributed by atoms with Crippen LogP contribution < -0.4 is 10.2 Å². The Morgan fingerprint density at radius 3 is 2.46 bits per heavy atom. The molecule has 6 nitrogen and oxygen atoms in total. The van der Waals surface area contributed by atoms with Crippen molar-refractivity contribution in [1.29, 1.82) is 0 Å². The van der Waals surface area contributed by atoms with Crippen LogP contribution in [-0.2, 0) is 17.9 Å². The third-order valence-corrected chi connectivity index (χ3v) is 3.89. The molecule has 140 valence electrons. The van der Waals surface area contributed by atoms with Gasteiger partial charge in [0.2, 0.25) is 5.91 Å². The number of amides is 1. The summed E-state index contributed by atoms with van der Waals surface area (Å²) in [6.07, 6.45) is -0.0124. The van der Waals surface area contributed by atoms with E-state index in [0.717, 1.165) is 11.6 Å². The first kappa shape index (κ1) is 19.6. The SMILES string of the molecule is COc1ccc(CN(CCC(=O)NO)Cc2ccc(F)c(O)c2F)cc1. The number of hydrogen-bond donors (Lipinski definition) is 3. The van der Waals surface area contributed by atoms with E-state index < -0.39 is 23.3 Å². The minimum atomic E-state index is -1.03. The van der Waals surface area contributed by atoms with Crippen LogP contribution in [0.25, 0.3) is 0 Å². The number of hydrogen-bond acceptors (Lipinski definition) is 5. The lowest BCUT2D eigenvalue weighted by atomic mass is 10.1. The maximum absolute atomic E-state index is 14.1. The minimum absolute atomic E-state index is 0.0124. The number of benzene rings is 2. The Kier molecular flexibility index (Phi) is 6.88. The van der Waals surface area contributed by atoms with E-state index in [-0.39, 0.29) is 25.1 Å². The number of hydroxylamine groups is 1. The summed E-state index contributed by atoms with van der Waals surface area (Å²) >= 11 is 0. The van der Waals surface area contributed by atoms with Crippen LogP contribution >= 0.6 is 0 Å². The number of rotatable bonds is 8. The third kappa shape index (κ3) is 5.14. The highest BCUT2D eigenvalue weighted by Gasteiger charge is 2.16. The first-order chi connectivity index (χ1) is 12.4. The maximum atomic E-state index is 14.1. The molecular weight excluding hydrogens is 346 g/mol. The first-order valence-electron chi connectivity index (χ1n) is 7.88. The number of aromatic hydroxyl groups is 1. The second-order valence-corrected chi connectivity index (χ2v) is 5.71. The van der Waals surface area contributed by atoms with Gasteiger partial charge in [0.15, 0.2) is 17.4 Å². The fraction of sp³-hybridized carbons (Fsp3) is 0.278. The first-order valence-corrected chi connectivity index (χ1v) is 7.88. The molecule has 0 saturated heterocycles. The van der Waals surface area contributed by atoms with Gasteiger partial charge < -0.3 is 9.84 Å². The summed E-state index contributed by atoms with van der Waals surface area (Å²) in [7, 11) is 1.55. The Morgan fingerprint density at radius 1 is 1.15 bits per heavy atom. The van der Waals surface area contributed by atoms with Gasteiger partial charge in [-0.2, -0.15) is 0 Å². The topological polar surface area (TPSA) is 82.0 Å². The van der Waals surface area contributed by atoms with E-state index in [0.29, 0.717) is 12.3 Å². The summed E-state index contributed by atoms with van der Waals surface area (Å²) in [4.78, 5) is 13.0. The highest BCUT2D eigenvalue weighted by atomic mass is 19.1. The summed E-state index contributed by atoms with van der Waals surface area (Å²) in [6, 6.07) is 9.45. The molecule has 0 aliphatic heterocycles. The predicted molar refractivity (Wildman–Crippen MR) is 89.7 cm³/mol. The molecule has 0 heterocycles. The van der Waals surface area contributed by atoms with Crippen LogP contribution in [0.1, 0.15) is 17.5 Å². The average Bonchev–Trinajstić information content (AvgIpc) is 2.66. The molecule has 0 bridgehead atoms. The molecule has 2 rings (SSSR count). The van der Waals surface area contributed by atoms with Crippen molar-refractivity contribution in [2.75, 3.05) is 13.7 Å². The van der Waals surface area contributed by atoms with Crippen molar-refractivity contribution < 1.29 is 28.6 Å². The molecule has 0 aliphatic carbocycles. The molecule has 2 aromatic carbocycles. The molecule has 0 radical (unpaired) electrons. The number of carbonyl (C=O) groups excluding carboxylic acids is 1. The second kappa shape index (κ2) is 9.12. The van der Waals surface area contributed by atoms with Gasteiger partial charge in [0.25, 0.3) is 0 Å². The van der Waals surface area contributed by atoms with Gasteiger partial charge in [-0.15, -0.1) is 0 Å². The number of ether oxygens (including phenoxy) is 1. The predicted octanol–water partition coefficient (Wildman–Crippen LogP) is 2.58. The smallest absolute Gasteiger partial charge is 0.244 e. The van der Waals surface area contributed by atoms with E-state index in [2.05, 4.69) is 0 Å². The molecule has 3 N–H and O–H groups in total. The average molecular weight is 366 g/mol. The number of carbonyl (C=O) groups is 1. The van der Waals surface area contributed by atoms with Crippen LogP contribution in [0, 0.1) is 11.6 Å². The van der Waals surface area contributed by atoms with Crippen molar-refractivity contribution in [3.63, 3.8) is 0 Å². The van der Waals surface area contributed by atoms with Crippen LogP contribution in [-0.4, -0.2) is 34.8 Å². The van der Waals surface area contributed by atoms with E-state index in [1.54, 1.807) is 29.6 Å². The maximum Gasteiger partial charge on any atom is 0.244 e. The van der Waals surface area contributed by atoms with E-state index in [4.69, 9.17) is 9.94 Å². The minimum Gasteiger partial charge on any atom is -0.503 e. The largest absolute Gasteiger partial charge is 0.503 e. The monoisotopic (exact) mass is 366 g/mol. The van der Waals surface area contributed by atoms with Crippen molar-refractivity contribution >= 4 is 5.91 Å². The molecule has 26 heavy (non-hydrogen) atoms. The Labute approximate surface area is 149 Å². The fourth-order valence-electron chi connectivity index (χ4n) is 2.46. The normalized spacial score (nSPS) is 10.8. The van der Waals surface area contributed by atoms with Gasteiger partial charge in [0.1, 0.15) is 5.75 Å². The molecule has 0 fully saturated rings. The van der Waals surface area contributed by atoms with Crippen molar-refractivity contribution in [2.24, 2.45) is 0 Å². The zero-order valence-corrected chi connectivity index (χ0v) is 14.2. The third-order valence-electron chi connectivity index (χ3n) is 3.89. The van der Waals surface area contributed by atoms with E-state index >= 15 is 0 Å². The Hall–Kier alpha value is -2.71. The van der Waals surface area contributed by atoms with Crippen molar-refractivity contribution in [3.05, 3.63) is 59.2 Å². The van der Waals surface area contributed by atoms with Gasteiger partial charge >= 0.3 is 0 Å². The number of nitrogens with one attached hydrogen (secondary N) is 1. The van der Waals surface area contributed by atoms with E-state index in [9.17, 15) is 18.7 Å². The zero-order chi connectivity index (χ0) is 19.1. The number of methoxy groups -OCH3 is 1. The van der Waals surface area contributed by atoms with Crippen LogP contribution in [0.5, 0.6) is 11.5 Å². The molecule has 0 unspecified atom stereocenters.